The van der Waals surface area contributed by atoms with Gasteiger partial charge in [-0.25, -0.2) is 4.79 Å². The maximum Gasteiger partial charge on any atom is 0.330 e. The Balaban J connectivity index is 2.55. The average molecular weight is 277 g/mol. The van der Waals surface area contributed by atoms with E-state index < -0.39 is 5.97 Å². The highest BCUT2D eigenvalue weighted by molar-refractivity contribution is 5.85. The van der Waals surface area contributed by atoms with Crippen LogP contribution in [0.1, 0.15) is 25.5 Å². The first-order valence-corrected chi connectivity index (χ1v) is 6.30. The molecule has 0 radical (unpaired) electrons. The second kappa shape index (κ2) is 7.99. The molecule has 5 nitrogen and oxygen atoms in total. The van der Waals surface area contributed by atoms with Gasteiger partial charge in [0.15, 0.2) is 6.61 Å². The van der Waals surface area contributed by atoms with Gasteiger partial charge in [0, 0.05) is 11.6 Å². The van der Waals surface area contributed by atoms with E-state index in [0.29, 0.717) is 5.75 Å². The lowest BCUT2D eigenvalue weighted by Crippen LogP contribution is -2.31. The van der Waals surface area contributed by atoms with E-state index in [1.807, 2.05) is 31.2 Å². The summed E-state index contributed by atoms with van der Waals surface area (Å²) in [4.78, 5) is 22.8. The Labute approximate surface area is 118 Å². The summed E-state index contributed by atoms with van der Waals surface area (Å²) < 4.78 is 10.0. The highest BCUT2D eigenvalue weighted by atomic mass is 16.5. The van der Waals surface area contributed by atoms with Gasteiger partial charge in [-0.05, 0) is 19.9 Å². The molecule has 0 aromatic heterocycles. The van der Waals surface area contributed by atoms with Gasteiger partial charge in [0.25, 0.3) is 5.91 Å². The van der Waals surface area contributed by atoms with Crippen molar-refractivity contribution in [2.24, 2.45) is 0 Å². The number of nitrogens with one attached hydrogen (secondary N) is 1. The van der Waals surface area contributed by atoms with Crippen LogP contribution in [0.2, 0.25) is 0 Å². The second-order valence-corrected chi connectivity index (χ2v) is 4.14. The number of hydrogen-bond donors (Lipinski definition) is 1. The summed E-state index contributed by atoms with van der Waals surface area (Å²) in [6.45, 7) is 3.23. The normalized spacial score (nSPS) is 11.9. The molecule has 1 amide bonds. The van der Waals surface area contributed by atoms with Crippen LogP contribution in [0.15, 0.2) is 36.4 Å². The van der Waals surface area contributed by atoms with Crippen molar-refractivity contribution in [2.45, 2.75) is 19.9 Å². The third kappa shape index (κ3) is 4.76. The molecule has 0 spiro atoms. The zero-order valence-corrected chi connectivity index (χ0v) is 11.9. The van der Waals surface area contributed by atoms with Crippen LogP contribution in [-0.2, 0) is 14.3 Å². The molecule has 1 aromatic carbocycles. The Morgan fingerprint density at radius 1 is 1.35 bits per heavy atom. The summed E-state index contributed by atoms with van der Waals surface area (Å²) in [7, 11) is 1.58. The maximum atomic E-state index is 11.7. The van der Waals surface area contributed by atoms with E-state index in [2.05, 4.69) is 5.32 Å². The number of rotatable bonds is 6. The Bertz CT molecular complexity index is 496. The van der Waals surface area contributed by atoms with Gasteiger partial charge in [-0.15, -0.1) is 0 Å². The minimum Gasteiger partial charge on any atom is -0.496 e. The molecule has 0 saturated carbocycles. The van der Waals surface area contributed by atoms with Crippen LogP contribution >= 0.6 is 0 Å². The molecule has 1 rings (SSSR count). The molecule has 1 aromatic rings. The number of carbonyl (C=O) groups excluding carboxylic acids is 2. The predicted octanol–water partition coefficient (Wildman–Crippen LogP) is 1.99. The summed E-state index contributed by atoms with van der Waals surface area (Å²) in [5, 5.41) is 2.75. The summed E-state index contributed by atoms with van der Waals surface area (Å²) in [5.74, 6) is -0.194. The van der Waals surface area contributed by atoms with E-state index >= 15 is 0 Å². The first kappa shape index (κ1) is 15.8. The third-order valence-electron chi connectivity index (χ3n) is 2.63. The zero-order valence-electron chi connectivity index (χ0n) is 11.9. The molecule has 0 aliphatic carbocycles. The SMILES string of the molecule is C/C=C/C(=O)OCC(=O)NC(C)c1ccccc1OC. The molecule has 0 heterocycles. The number of esters is 1. The molecule has 5 heteroatoms. The number of amides is 1. The molecule has 1 N–H and O–H groups in total. The first-order chi connectivity index (χ1) is 9.58. The van der Waals surface area contributed by atoms with Crippen LogP contribution in [0, 0.1) is 0 Å². The molecule has 0 saturated heterocycles. The molecule has 1 atom stereocenters. The van der Waals surface area contributed by atoms with E-state index in [-0.39, 0.29) is 18.6 Å². The fourth-order valence-electron chi connectivity index (χ4n) is 1.71. The van der Waals surface area contributed by atoms with Crippen LogP contribution in [0.5, 0.6) is 5.75 Å². The quantitative estimate of drug-likeness (QED) is 0.638. The summed E-state index contributed by atoms with van der Waals surface area (Å²) in [6.07, 6.45) is 2.81. The van der Waals surface area contributed by atoms with Crippen molar-refractivity contribution >= 4 is 11.9 Å². The van der Waals surface area contributed by atoms with Crippen molar-refractivity contribution in [2.75, 3.05) is 13.7 Å². The van der Waals surface area contributed by atoms with E-state index in [9.17, 15) is 9.59 Å². The van der Waals surface area contributed by atoms with Gasteiger partial charge in [-0.3, -0.25) is 4.79 Å². The predicted molar refractivity (Wildman–Crippen MR) is 75.3 cm³/mol. The monoisotopic (exact) mass is 277 g/mol. The number of benzene rings is 1. The minimum atomic E-state index is -0.535. The zero-order chi connectivity index (χ0) is 15.0. The van der Waals surface area contributed by atoms with Gasteiger partial charge in [0.1, 0.15) is 5.75 Å². The first-order valence-electron chi connectivity index (χ1n) is 6.30. The molecule has 0 bridgehead atoms. The van der Waals surface area contributed by atoms with Crippen molar-refractivity contribution < 1.29 is 19.1 Å². The highest BCUT2D eigenvalue weighted by Crippen LogP contribution is 2.24. The molecule has 0 aliphatic heterocycles. The Morgan fingerprint density at radius 3 is 2.70 bits per heavy atom. The van der Waals surface area contributed by atoms with Gasteiger partial charge >= 0.3 is 5.97 Å². The van der Waals surface area contributed by atoms with Gasteiger partial charge in [-0.2, -0.15) is 0 Å². The smallest absolute Gasteiger partial charge is 0.330 e. The van der Waals surface area contributed by atoms with Crippen molar-refractivity contribution in [1.29, 1.82) is 0 Å². The highest BCUT2D eigenvalue weighted by Gasteiger charge is 2.14. The van der Waals surface area contributed by atoms with Gasteiger partial charge in [0.05, 0.1) is 13.2 Å². The average Bonchev–Trinajstić information content (AvgIpc) is 2.45. The Kier molecular flexibility index (Phi) is 6.29. The lowest BCUT2D eigenvalue weighted by atomic mass is 10.1. The second-order valence-electron chi connectivity index (χ2n) is 4.14. The molecule has 108 valence electrons. The molecule has 0 aliphatic rings. The Hall–Kier alpha value is -2.30. The minimum absolute atomic E-state index is 0.237. The third-order valence-corrected chi connectivity index (χ3v) is 2.63. The van der Waals surface area contributed by atoms with Crippen molar-refractivity contribution in [3.05, 3.63) is 42.0 Å². The van der Waals surface area contributed by atoms with E-state index in [0.717, 1.165) is 5.56 Å². The van der Waals surface area contributed by atoms with Crippen LogP contribution < -0.4 is 10.1 Å². The van der Waals surface area contributed by atoms with Crippen LogP contribution in [0.3, 0.4) is 0 Å². The number of ether oxygens (including phenoxy) is 2. The summed E-state index contributed by atoms with van der Waals surface area (Å²) in [6, 6.07) is 7.18. The molecule has 20 heavy (non-hydrogen) atoms. The standard InChI is InChI=1S/C15H19NO4/c1-4-7-15(18)20-10-14(17)16-11(2)12-8-5-6-9-13(12)19-3/h4-9,11H,10H2,1-3H3,(H,16,17)/b7-4+. The van der Waals surface area contributed by atoms with Crippen LogP contribution in [0.4, 0.5) is 0 Å². The molecule has 0 fully saturated rings. The van der Waals surface area contributed by atoms with E-state index in [1.54, 1.807) is 20.1 Å². The molecular weight excluding hydrogens is 258 g/mol. The lowest BCUT2D eigenvalue weighted by Gasteiger charge is -2.17. The topological polar surface area (TPSA) is 64.6 Å². The van der Waals surface area contributed by atoms with Gasteiger partial charge < -0.3 is 14.8 Å². The van der Waals surface area contributed by atoms with E-state index in [4.69, 9.17) is 9.47 Å². The largest absolute Gasteiger partial charge is 0.496 e. The van der Waals surface area contributed by atoms with Gasteiger partial charge in [-0.1, -0.05) is 24.3 Å². The van der Waals surface area contributed by atoms with Crippen LogP contribution in [-0.4, -0.2) is 25.6 Å². The summed E-state index contributed by atoms with van der Waals surface area (Å²) >= 11 is 0. The van der Waals surface area contributed by atoms with Crippen molar-refractivity contribution in [1.82, 2.24) is 5.32 Å². The number of methoxy groups -OCH3 is 1. The number of hydrogen-bond acceptors (Lipinski definition) is 4. The maximum absolute atomic E-state index is 11.7. The fraction of sp³-hybridized carbons (Fsp3) is 0.333. The van der Waals surface area contributed by atoms with Crippen molar-refractivity contribution in [3.8, 4) is 5.75 Å². The fourth-order valence-corrected chi connectivity index (χ4v) is 1.71. The molecular formula is C15H19NO4. The van der Waals surface area contributed by atoms with E-state index in [1.165, 1.54) is 6.08 Å². The number of allylic oxidation sites excluding steroid dienone is 1. The number of carbonyl (C=O) groups is 2. The Morgan fingerprint density at radius 2 is 2.05 bits per heavy atom. The van der Waals surface area contributed by atoms with Crippen LogP contribution in [0.25, 0.3) is 0 Å². The van der Waals surface area contributed by atoms with Gasteiger partial charge in [0.2, 0.25) is 0 Å². The van der Waals surface area contributed by atoms with Crippen molar-refractivity contribution in [3.63, 3.8) is 0 Å². The lowest BCUT2D eigenvalue weighted by molar-refractivity contribution is -0.144. The number of para-hydroxylation sites is 1. The molecule has 1 unspecified atom stereocenters. The summed E-state index contributed by atoms with van der Waals surface area (Å²) in [5.41, 5.74) is 0.864.